The number of nitrogens with two attached hydrogens (primary N) is 1. The molecule has 1 heterocycles. The minimum absolute atomic E-state index is 1.14. The summed E-state index contributed by atoms with van der Waals surface area (Å²) in [4.78, 5) is 8.78. The number of rotatable bonds is 1. The van der Waals surface area contributed by atoms with Crippen molar-refractivity contribution in [3.63, 3.8) is 0 Å². The number of halogens is 3. The van der Waals surface area contributed by atoms with Crippen LogP contribution in [0.5, 0.6) is 0 Å². The highest BCUT2D eigenvalue weighted by Crippen LogP contribution is 2.18. The van der Waals surface area contributed by atoms with Gasteiger partial charge in [0.2, 0.25) is 0 Å². The highest BCUT2D eigenvalue weighted by molar-refractivity contribution is 5.70. The highest BCUT2D eigenvalue weighted by atomic mass is 19.4. The third-order valence-corrected chi connectivity index (χ3v) is 2.77. The molecule has 3 nitrogen and oxygen atoms in total. The molecule has 0 unspecified atom stereocenters. The quantitative estimate of drug-likeness (QED) is 0.824. The number of hydrogen-bond acceptors (Lipinski definition) is 2. The van der Waals surface area contributed by atoms with E-state index in [1.54, 1.807) is 0 Å². The van der Waals surface area contributed by atoms with Gasteiger partial charge in [-0.05, 0) is 24.1 Å². The largest absolute Gasteiger partial charge is 0.542 e. The van der Waals surface area contributed by atoms with Crippen LogP contribution in [0, 0.1) is 6.92 Å². The molecule has 0 saturated heterocycles. The Bertz CT molecular complexity index is 495. The molecule has 1 aromatic rings. The Morgan fingerprint density at radius 2 is 2.00 bits per heavy atom. The molecular formula is C14H16F3NO2. The van der Waals surface area contributed by atoms with Crippen LogP contribution in [0.1, 0.15) is 17.5 Å². The Kier molecular flexibility index (Phi) is 5.76. The van der Waals surface area contributed by atoms with Crippen molar-refractivity contribution in [1.82, 2.24) is 0 Å². The molecule has 110 valence electrons. The number of carboxylic acid groups (broad SMARTS) is 1. The van der Waals surface area contributed by atoms with Crippen molar-refractivity contribution in [2.75, 3.05) is 13.1 Å². The van der Waals surface area contributed by atoms with Gasteiger partial charge < -0.3 is 15.2 Å². The Morgan fingerprint density at radius 3 is 2.45 bits per heavy atom. The van der Waals surface area contributed by atoms with Crippen molar-refractivity contribution in [3.05, 3.63) is 41.5 Å². The molecule has 1 aliphatic rings. The number of alkyl halides is 3. The maximum atomic E-state index is 10.5. The second-order valence-electron chi connectivity index (χ2n) is 4.45. The first-order chi connectivity index (χ1) is 9.30. The van der Waals surface area contributed by atoms with Crippen molar-refractivity contribution in [3.8, 4) is 0 Å². The van der Waals surface area contributed by atoms with Gasteiger partial charge in [-0.2, -0.15) is 13.2 Å². The third kappa shape index (κ3) is 5.44. The summed E-state index contributed by atoms with van der Waals surface area (Å²) in [6, 6.07) is 8.78. The van der Waals surface area contributed by atoms with E-state index in [9.17, 15) is 13.2 Å². The van der Waals surface area contributed by atoms with Gasteiger partial charge in [0, 0.05) is 6.42 Å². The number of benzene rings is 1. The maximum absolute atomic E-state index is 10.5. The number of carboxylic acids is 1. The molecule has 0 atom stereocenters. The smallest absolute Gasteiger partial charge is 0.430 e. The van der Waals surface area contributed by atoms with Gasteiger partial charge in [0.15, 0.2) is 0 Å². The summed E-state index contributed by atoms with van der Waals surface area (Å²) in [5.41, 5.74) is 4.28. The SMILES string of the molecule is Cc1cccc(C2=CC[NH2+]CC2)c1.O=C([O-])C(F)(F)F. The predicted octanol–water partition coefficient (Wildman–Crippen LogP) is 0.644. The minimum Gasteiger partial charge on any atom is -0.542 e. The lowest BCUT2D eigenvalue weighted by molar-refractivity contribution is -0.646. The van der Waals surface area contributed by atoms with Crippen LogP contribution < -0.4 is 10.4 Å². The van der Waals surface area contributed by atoms with Crippen LogP contribution in [0.2, 0.25) is 0 Å². The lowest BCUT2D eigenvalue weighted by Gasteiger charge is -2.12. The van der Waals surface area contributed by atoms with Gasteiger partial charge in [0.1, 0.15) is 5.97 Å². The number of carbonyl (C=O) groups excluding carboxylic acids is 1. The summed E-state index contributed by atoms with van der Waals surface area (Å²) >= 11 is 0. The molecule has 0 amide bonds. The average molecular weight is 287 g/mol. The molecule has 0 aromatic heterocycles. The topological polar surface area (TPSA) is 56.7 Å². The lowest BCUT2D eigenvalue weighted by atomic mass is 9.99. The van der Waals surface area contributed by atoms with Crippen molar-refractivity contribution >= 4 is 11.5 Å². The van der Waals surface area contributed by atoms with Gasteiger partial charge in [0.05, 0.1) is 13.1 Å². The van der Waals surface area contributed by atoms with Gasteiger partial charge in [0.25, 0.3) is 0 Å². The zero-order valence-electron chi connectivity index (χ0n) is 11.0. The Balaban J connectivity index is 0.000000246. The van der Waals surface area contributed by atoms with E-state index >= 15 is 0 Å². The van der Waals surface area contributed by atoms with E-state index in [0.29, 0.717) is 0 Å². The number of quaternary nitrogens is 1. The summed E-state index contributed by atoms with van der Waals surface area (Å²) in [7, 11) is 0. The third-order valence-electron chi connectivity index (χ3n) is 2.77. The fourth-order valence-corrected chi connectivity index (χ4v) is 1.81. The van der Waals surface area contributed by atoms with Crippen molar-refractivity contribution in [2.45, 2.75) is 19.5 Å². The number of carbonyl (C=O) groups is 1. The summed E-state index contributed by atoms with van der Waals surface area (Å²) < 4.78 is 31.5. The number of aliphatic carboxylic acids is 1. The number of aryl methyl sites for hydroxylation is 1. The monoisotopic (exact) mass is 287 g/mol. The zero-order valence-corrected chi connectivity index (χ0v) is 11.0. The molecule has 0 bridgehead atoms. The van der Waals surface area contributed by atoms with Crippen LogP contribution in [0.25, 0.3) is 5.57 Å². The first-order valence-electron chi connectivity index (χ1n) is 6.16. The van der Waals surface area contributed by atoms with E-state index in [-0.39, 0.29) is 0 Å². The van der Waals surface area contributed by atoms with E-state index in [0.717, 1.165) is 6.54 Å². The predicted molar refractivity (Wildman–Crippen MR) is 66.5 cm³/mol. The Hall–Kier alpha value is -1.82. The van der Waals surface area contributed by atoms with Gasteiger partial charge in [-0.25, -0.2) is 0 Å². The summed E-state index contributed by atoms with van der Waals surface area (Å²) in [6.45, 7) is 4.53. The maximum Gasteiger partial charge on any atom is 0.430 e. The van der Waals surface area contributed by atoms with Crippen LogP contribution in [-0.4, -0.2) is 25.2 Å². The van der Waals surface area contributed by atoms with Crippen LogP contribution in [0.15, 0.2) is 30.3 Å². The Morgan fingerprint density at radius 1 is 1.35 bits per heavy atom. The van der Waals surface area contributed by atoms with E-state index in [2.05, 4.69) is 42.6 Å². The molecule has 2 N–H and O–H groups in total. The molecule has 20 heavy (non-hydrogen) atoms. The normalized spacial score (nSPS) is 14.9. The molecule has 0 fully saturated rings. The first kappa shape index (κ1) is 16.2. The van der Waals surface area contributed by atoms with Crippen LogP contribution in [-0.2, 0) is 4.79 Å². The van der Waals surface area contributed by atoms with Crippen LogP contribution >= 0.6 is 0 Å². The van der Waals surface area contributed by atoms with Crippen LogP contribution in [0.4, 0.5) is 13.2 Å². The first-order valence-corrected chi connectivity index (χ1v) is 6.16. The van der Waals surface area contributed by atoms with Crippen LogP contribution in [0.3, 0.4) is 0 Å². The molecule has 0 saturated carbocycles. The molecule has 0 aliphatic carbocycles. The van der Waals surface area contributed by atoms with Gasteiger partial charge in [-0.3, -0.25) is 0 Å². The van der Waals surface area contributed by atoms with E-state index < -0.39 is 12.1 Å². The average Bonchev–Trinajstić information content (AvgIpc) is 2.39. The summed E-state index contributed by atoms with van der Waals surface area (Å²) in [5, 5.41) is 11.1. The summed E-state index contributed by atoms with van der Waals surface area (Å²) in [5.74, 6) is -3.01. The molecule has 6 heteroatoms. The highest BCUT2D eigenvalue weighted by Gasteiger charge is 2.28. The summed E-state index contributed by atoms with van der Waals surface area (Å²) in [6.07, 6.45) is -1.64. The molecular weight excluding hydrogens is 271 g/mol. The van der Waals surface area contributed by atoms with Gasteiger partial charge in [-0.15, -0.1) is 0 Å². The minimum atomic E-state index is -5.19. The van der Waals surface area contributed by atoms with E-state index in [1.165, 1.54) is 29.7 Å². The molecule has 2 rings (SSSR count). The fourth-order valence-electron chi connectivity index (χ4n) is 1.81. The zero-order chi connectivity index (χ0) is 15.2. The lowest BCUT2D eigenvalue weighted by Crippen LogP contribution is -2.84. The van der Waals surface area contributed by atoms with Crippen molar-refractivity contribution in [2.24, 2.45) is 0 Å². The van der Waals surface area contributed by atoms with Gasteiger partial charge >= 0.3 is 6.18 Å². The molecule has 1 aliphatic heterocycles. The van der Waals surface area contributed by atoms with Gasteiger partial charge in [-0.1, -0.05) is 29.8 Å². The molecule has 1 aromatic carbocycles. The molecule has 0 radical (unpaired) electrons. The van der Waals surface area contributed by atoms with E-state index in [4.69, 9.17) is 9.90 Å². The number of hydrogen-bond donors (Lipinski definition) is 1. The second-order valence-corrected chi connectivity index (χ2v) is 4.45. The van der Waals surface area contributed by atoms with Crippen molar-refractivity contribution in [1.29, 1.82) is 0 Å². The van der Waals surface area contributed by atoms with Crippen molar-refractivity contribution < 1.29 is 28.4 Å². The molecule has 0 spiro atoms. The second kappa shape index (κ2) is 7.09. The Labute approximate surface area is 115 Å². The standard InChI is InChI=1S/C12H15N.C2HF3O2/c1-10-3-2-4-12(9-10)11-5-7-13-8-6-11;3-2(4,5)1(6)7/h2-5,9,13H,6-8H2,1H3;(H,6,7). The fraction of sp³-hybridized carbons (Fsp3) is 0.357. The van der Waals surface area contributed by atoms with E-state index in [1.807, 2.05) is 0 Å².